The van der Waals surface area contributed by atoms with Gasteiger partial charge in [0.15, 0.2) is 0 Å². The Morgan fingerprint density at radius 3 is 2.52 bits per heavy atom. The number of aromatic amines is 1. The normalized spacial score (nSPS) is 27.5. The number of benzene rings is 1. The molecule has 1 aromatic heterocycles. The number of carbonyl (C=O) groups is 2. The summed E-state index contributed by atoms with van der Waals surface area (Å²) in [4.78, 5) is 33.3. The molecule has 6 rings (SSSR count). The van der Waals surface area contributed by atoms with Crippen molar-refractivity contribution in [1.29, 1.82) is 0 Å². The quantitative estimate of drug-likeness (QED) is 0.564. The lowest BCUT2D eigenvalue weighted by Gasteiger charge is -2.37. The average molecular weight is 420 g/mol. The van der Waals surface area contributed by atoms with Gasteiger partial charge in [-0.15, -0.1) is 0 Å². The van der Waals surface area contributed by atoms with Gasteiger partial charge in [-0.05, 0) is 62.1 Å². The van der Waals surface area contributed by atoms with Gasteiger partial charge in [-0.25, -0.2) is 0 Å². The maximum Gasteiger partial charge on any atom is 0.229 e. The van der Waals surface area contributed by atoms with Crippen molar-refractivity contribution in [2.75, 3.05) is 13.1 Å². The van der Waals surface area contributed by atoms with Gasteiger partial charge >= 0.3 is 0 Å². The van der Waals surface area contributed by atoms with E-state index in [0.717, 1.165) is 38.6 Å². The number of likely N-dealkylation sites (tertiary alicyclic amines) is 1. The molecule has 2 bridgehead atoms. The number of hydrogen-bond acceptors (Lipinski definition) is 3. The molecule has 1 aromatic carbocycles. The Morgan fingerprint density at radius 1 is 0.968 bits per heavy atom. The van der Waals surface area contributed by atoms with Crippen molar-refractivity contribution in [2.45, 2.75) is 82.7 Å². The third-order valence-corrected chi connectivity index (χ3v) is 8.61. The summed E-state index contributed by atoms with van der Waals surface area (Å²) in [7, 11) is 0. The predicted octanol–water partition coefficient (Wildman–Crippen LogP) is 4.72. The monoisotopic (exact) mass is 419 g/mol. The summed E-state index contributed by atoms with van der Waals surface area (Å²) in [6, 6.07) is 9.85. The molecule has 31 heavy (non-hydrogen) atoms. The molecule has 1 spiro atoms. The summed E-state index contributed by atoms with van der Waals surface area (Å²) in [5.74, 6) is 0.166. The number of unbranched alkanes of at least 4 members (excludes halogenated alkanes) is 1. The highest BCUT2D eigenvalue weighted by atomic mass is 16.2. The molecule has 3 fully saturated rings. The van der Waals surface area contributed by atoms with Crippen LogP contribution in [-0.2, 0) is 16.0 Å². The van der Waals surface area contributed by atoms with Crippen LogP contribution in [0.4, 0.5) is 0 Å². The SMILES string of the molecule is O=C1CC2(CCCC2)CC(=O)N1CCCCN1[C@H]2CC[C@@H]1c1c([nH]c3ccccc13)C2. The van der Waals surface area contributed by atoms with E-state index in [9.17, 15) is 9.59 Å². The first kappa shape index (κ1) is 19.5. The van der Waals surface area contributed by atoms with Gasteiger partial charge in [0, 0.05) is 54.5 Å². The van der Waals surface area contributed by atoms with Gasteiger partial charge in [0.1, 0.15) is 0 Å². The van der Waals surface area contributed by atoms with Crippen LogP contribution in [0.15, 0.2) is 24.3 Å². The highest BCUT2D eigenvalue weighted by Gasteiger charge is 2.45. The fourth-order valence-electron chi connectivity index (χ4n) is 7.13. The molecule has 2 aromatic rings. The molecule has 2 amide bonds. The Balaban J connectivity index is 1.07. The second-order valence-electron chi connectivity index (χ2n) is 10.5. The molecular formula is C26H33N3O2. The number of amides is 2. The summed E-state index contributed by atoms with van der Waals surface area (Å²) < 4.78 is 0. The van der Waals surface area contributed by atoms with Crippen molar-refractivity contribution >= 4 is 22.7 Å². The summed E-state index contributed by atoms with van der Waals surface area (Å²) >= 11 is 0. The zero-order valence-corrected chi connectivity index (χ0v) is 18.4. The van der Waals surface area contributed by atoms with Crippen molar-refractivity contribution in [1.82, 2.24) is 14.8 Å². The third kappa shape index (κ3) is 3.24. The van der Waals surface area contributed by atoms with Crippen LogP contribution >= 0.6 is 0 Å². The number of fused-ring (bicyclic) bond motifs is 6. The smallest absolute Gasteiger partial charge is 0.229 e. The first-order valence-electron chi connectivity index (χ1n) is 12.3. The van der Waals surface area contributed by atoms with Gasteiger partial charge < -0.3 is 4.98 Å². The van der Waals surface area contributed by atoms with Crippen LogP contribution in [-0.4, -0.2) is 45.7 Å². The number of H-pyrrole nitrogens is 1. The molecule has 1 aliphatic carbocycles. The topological polar surface area (TPSA) is 56.4 Å². The highest BCUT2D eigenvalue weighted by molar-refractivity contribution is 5.98. The van der Waals surface area contributed by atoms with Gasteiger partial charge in [-0.2, -0.15) is 0 Å². The summed E-state index contributed by atoms with van der Waals surface area (Å²) in [5, 5.41) is 1.39. The number of piperidine rings is 1. The first-order valence-corrected chi connectivity index (χ1v) is 12.3. The summed E-state index contributed by atoms with van der Waals surface area (Å²) in [6.45, 7) is 1.67. The minimum absolute atomic E-state index is 0.00863. The van der Waals surface area contributed by atoms with Gasteiger partial charge in [0.05, 0.1) is 0 Å². The van der Waals surface area contributed by atoms with E-state index < -0.39 is 0 Å². The lowest BCUT2D eigenvalue weighted by molar-refractivity contribution is -0.153. The van der Waals surface area contributed by atoms with E-state index in [0.29, 0.717) is 31.5 Å². The van der Waals surface area contributed by atoms with Crippen LogP contribution in [0.5, 0.6) is 0 Å². The van der Waals surface area contributed by atoms with Gasteiger partial charge in [0.2, 0.25) is 11.8 Å². The van der Waals surface area contributed by atoms with Crippen molar-refractivity contribution in [2.24, 2.45) is 5.41 Å². The molecule has 4 heterocycles. The van der Waals surface area contributed by atoms with E-state index >= 15 is 0 Å². The number of nitrogens with zero attached hydrogens (tertiary/aromatic N) is 2. The molecule has 1 saturated carbocycles. The van der Waals surface area contributed by atoms with E-state index in [-0.39, 0.29) is 17.2 Å². The second-order valence-corrected chi connectivity index (χ2v) is 10.5. The molecular weight excluding hydrogens is 386 g/mol. The van der Waals surface area contributed by atoms with Crippen molar-refractivity contribution in [3.63, 3.8) is 0 Å². The molecule has 2 atom stereocenters. The van der Waals surface area contributed by atoms with E-state index in [4.69, 9.17) is 0 Å². The summed E-state index contributed by atoms with van der Waals surface area (Å²) in [6.07, 6.45) is 11.3. The lowest BCUT2D eigenvalue weighted by Crippen LogP contribution is -2.47. The molecule has 1 N–H and O–H groups in total. The number of nitrogens with one attached hydrogen (secondary N) is 1. The van der Waals surface area contributed by atoms with E-state index in [2.05, 4.69) is 34.1 Å². The number of carbonyl (C=O) groups excluding carboxylic acids is 2. The maximum atomic E-state index is 12.7. The molecule has 3 aliphatic heterocycles. The zero-order chi connectivity index (χ0) is 21.0. The Labute approximate surface area is 184 Å². The Bertz CT molecular complexity index is 999. The molecule has 5 nitrogen and oxygen atoms in total. The van der Waals surface area contributed by atoms with E-state index in [1.165, 1.54) is 47.8 Å². The van der Waals surface area contributed by atoms with Crippen molar-refractivity contribution in [3.8, 4) is 0 Å². The van der Waals surface area contributed by atoms with Crippen LogP contribution in [0.3, 0.4) is 0 Å². The van der Waals surface area contributed by atoms with Crippen LogP contribution < -0.4 is 0 Å². The minimum Gasteiger partial charge on any atom is -0.358 e. The molecule has 2 saturated heterocycles. The number of hydrogen-bond donors (Lipinski definition) is 1. The van der Waals surface area contributed by atoms with Gasteiger partial charge in [-0.1, -0.05) is 31.0 Å². The molecule has 0 radical (unpaired) electrons. The standard InChI is InChI=1S/C26H33N3O2/c30-23-16-26(11-3-4-12-26)17-24(31)29(23)14-6-5-13-28-18-9-10-22(28)25-19-7-1-2-8-20(19)27-21(25)15-18/h1-2,7-8,18,22,27H,3-6,9-17H2/t18-,22+/m0/s1. The molecule has 0 unspecified atom stereocenters. The third-order valence-electron chi connectivity index (χ3n) is 8.61. The van der Waals surface area contributed by atoms with E-state index in [1.807, 2.05) is 0 Å². The number of imide groups is 1. The fraction of sp³-hybridized carbons (Fsp3) is 0.615. The van der Waals surface area contributed by atoms with Gasteiger partial charge in [-0.3, -0.25) is 19.4 Å². The van der Waals surface area contributed by atoms with E-state index in [1.54, 1.807) is 4.90 Å². The lowest BCUT2D eigenvalue weighted by atomic mass is 9.76. The number of rotatable bonds is 5. The zero-order valence-electron chi connectivity index (χ0n) is 18.4. The van der Waals surface area contributed by atoms with Crippen LogP contribution in [0.2, 0.25) is 0 Å². The first-order chi connectivity index (χ1) is 15.1. The molecule has 4 aliphatic rings. The Hall–Kier alpha value is -2.14. The second kappa shape index (κ2) is 7.47. The van der Waals surface area contributed by atoms with Crippen LogP contribution in [0.1, 0.15) is 81.5 Å². The molecule has 5 heteroatoms. The van der Waals surface area contributed by atoms with Crippen LogP contribution in [0.25, 0.3) is 10.9 Å². The van der Waals surface area contributed by atoms with Crippen LogP contribution in [0, 0.1) is 5.41 Å². The van der Waals surface area contributed by atoms with Crippen molar-refractivity contribution < 1.29 is 9.59 Å². The number of para-hydroxylation sites is 1. The maximum absolute atomic E-state index is 12.7. The van der Waals surface area contributed by atoms with Crippen molar-refractivity contribution in [3.05, 3.63) is 35.5 Å². The Morgan fingerprint density at radius 2 is 1.71 bits per heavy atom. The number of aromatic nitrogens is 1. The summed E-state index contributed by atoms with van der Waals surface area (Å²) in [5.41, 5.74) is 4.24. The van der Waals surface area contributed by atoms with Gasteiger partial charge in [0.25, 0.3) is 0 Å². The minimum atomic E-state index is 0.00863. The molecule has 164 valence electrons. The highest BCUT2D eigenvalue weighted by Crippen LogP contribution is 2.48. The largest absolute Gasteiger partial charge is 0.358 e. The average Bonchev–Trinajstić information content (AvgIpc) is 3.42. The predicted molar refractivity (Wildman–Crippen MR) is 121 cm³/mol. The fourth-order valence-corrected chi connectivity index (χ4v) is 7.13. The Kier molecular flexibility index (Phi) is 4.71.